The van der Waals surface area contributed by atoms with Crippen LogP contribution in [0.3, 0.4) is 0 Å². The summed E-state index contributed by atoms with van der Waals surface area (Å²) in [6, 6.07) is 1.53. The molecule has 0 aliphatic carbocycles. The quantitative estimate of drug-likeness (QED) is 0.813. The van der Waals surface area contributed by atoms with E-state index in [1.54, 1.807) is 10.8 Å². The van der Waals surface area contributed by atoms with E-state index in [0.717, 1.165) is 4.47 Å². The predicted octanol–water partition coefficient (Wildman–Crippen LogP) is 3.13. The Morgan fingerprint density at radius 1 is 1.47 bits per heavy atom. The van der Waals surface area contributed by atoms with Gasteiger partial charge in [0.1, 0.15) is 6.67 Å². The van der Waals surface area contributed by atoms with E-state index in [0.29, 0.717) is 6.54 Å². The summed E-state index contributed by atoms with van der Waals surface area (Å²) in [7, 11) is 0. The fourth-order valence-electron chi connectivity index (χ4n) is 1.38. The van der Waals surface area contributed by atoms with Crippen LogP contribution >= 0.6 is 15.9 Å². The Kier molecular flexibility index (Phi) is 3.71. The molecule has 0 atom stereocenters. The molecular weight excluding hydrogens is 261 g/mol. The molecule has 0 radical (unpaired) electrons. The minimum absolute atomic E-state index is 0.00178. The Balaban J connectivity index is 3.18. The third-order valence-electron chi connectivity index (χ3n) is 1.92. The van der Waals surface area contributed by atoms with Crippen LogP contribution in [0.25, 0.3) is 0 Å². The molecule has 0 N–H and O–H groups in total. The highest BCUT2D eigenvalue weighted by Crippen LogP contribution is 2.17. The molecule has 0 aliphatic heterocycles. The first-order chi connectivity index (χ1) is 6.83. The fourth-order valence-corrected chi connectivity index (χ4v) is 1.91. The number of alkyl halides is 1. The van der Waals surface area contributed by atoms with Crippen molar-refractivity contribution >= 4 is 15.9 Å². The summed E-state index contributed by atoms with van der Waals surface area (Å²) >= 11 is 3.27. The number of rotatable bonds is 2. The van der Waals surface area contributed by atoms with E-state index in [9.17, 15) is 9.18 Å². The van der Waals surface area contributed by atoms with Gasteiger partial charge in [-0.05, 0) is 27.4 Å². The van der Waals surface area contributed by atoms with Crippen LogP contribution in [0, 0.1) is 5.41 Å². The molecule has 0 unspecified atom stereocenters. The molecule has 0 aliphatic rings. The van der Waals surface area contributed by atoms with Crippen molar-refractivity contribution in [1.29, 1.82) is 0 Å². The summed E-state index contributed by atoms with van der Waals surface area (Å²) in [5, 5.41) is 0. The summed E-state index contributed by atoms with van der Waals surface area (Å²) in [6.45, 7) is 5.97. The first-order valence-electron chi connectivity index (χ1n) is 4.78. The van der Waals surface area contributed by atoms with Gasteiger partial charge in [0.15, 0.2) is 0 Å². The Hall–Kier alpha value is -0.640. The average Bonchev–Trinajstić information content (AvgIpc) is 2.08. The lowest BCUT2D eigenvalue weighted by Crippen LogP contribution is -2.28. The van der Waals surface area contributed by atoms with Crippen LogP contribution in [0.5, 0.6) is 0 Å². The second kappa shape index (κ2) is 4.47. The van der Waals surface area contributed by atoms with Gasteiger partial charge in [0, 0.05) is 22.8 Å². The van der Waals surface area contributed by atoms with E-state index >= 15 is 0 Å². The highest BCUT2D eigenvalue weighted by molar-refractivity contribution is 9.10. The molecule has 4 heteroatoms. The lowest BCUT2D eigenvalue weighted by molar-refractivity contribution is 0.335. The lowest BCUT2D eigenvalue weighted by atomic mass is 9.97. The Bertz CT molecular complexity index is 406. The maximum atomic E-state index is 12.5. The molecule has 1 aromatic heterocycles. The largest absolute Gasteiger partial charge is 0.314 e. The van der Waals surface area contributed by atoms with Crippen LogP contribution in [-0.4, -0.2) is 4.57 Å². The van der Waals surface area contributed by atoms with Crippen LogP contribution in [-0.2, 0) is 13.2 Å². The van der Waals surface area contributed by atoms with E-state index in [4.69, 9.17) is 0 Å². The summed E-state index contributed by atoms with van der Waals surface area (Å²) in [4.78, 5) is 11.7. The van der Waals surface area contributed by atoms with Gasteiger partial charge in [-0.2, -0.15) is 0 Å². The van der Waals surface area contributed by atoms with Crippen molar-refractivity contribution in [3.8, 4) is 0 Å². The molecular formula is C11H15BrFNO. The van der Waals surface area contributed by atoms with Gasteiger partial charge in [0.05, 0.1) is 0 Å². The summed E-state index contributed by atoms with van der Waals surface area (Å²) in [5.41, 5.74) is -0.0395. The number of halogens is 2. The standard InChI is InChI=1S/C11H15BrFNO/c1-11(2,3)7-14-6-9(12)4-8(5-13)10(14)15/h4,6H,5,7H2,1-3H3. The van der Waals surface area contributed by atoms with Gasteiger partial charge in [-0.3, -0.25) is 4.79 Å². The molecule has 0 fully saturated rings. The topological polar surface area (TPSA) is 22.0 Å². The smallest absolute Gasteiger partial charge is 0.256 e. The summed E-state index contributed by atoms with van der Waals surface area (Å²) in [5.74, 6) is 0. The van der Waals surface area contributed by atoms with E-state index in [-0.39, 0.29) is 16.5 Å². The normalized spacial score (nSPS) is 11.8. The lowest BCUT2D eigenvalue weighted by Gasteiger charge is -2.20. The summed E-state index contributed by atoms with van der Waals surface area (Å²) < 4.78 is 14.8. The van der Waals surface area contributed by atoms with Crippen LogP contribution < -0.4 is 5.56 Å². The highest BCUT2D eigenvalue weighted by Gasteiger charge is 2.14. The number of aromatic nitrogens is 1. The Morgan fingerprint density at radius 2 is 2.07 bits per heavy atom. The van der Waals surface area contributed by atoms with Crippen LogP contribution in [0.2, 0.25) is 0 Å². The van der Waals surface area contributed by atoms with Crippen LogP contribution in [0.1, 0.15) is 26.3 Å². The first-order valence-corrected chi connectivity index (χ1v) is 5.57. The van der Waals surface area contributed by atoms with Gasteiger partial charge in [-0.15, -0.1) is 0 Å². The van der Waals surface area contributed by atoms with Gasteiger partial charge in [0.2, 0.25) is 0 Å². The number of hydrogen-bond acceptors (Lipinski definition) is 1. The molecule has 15 heavy (non-hydrogen) atoms. The molecule has 1 aromatic rings. The molecule has 0 aromatic carbocycles. The molecule has 0 saturated heterocycles. The highest BCUT2D eigenvalue weighted by atomic mass is 79.9. The van der Waals surface area contributed by atoms with Gasteiger partial charge < -0.3 is 4.57 Å². The average molecular weight is 276 g/mol. The van der Waals surface area contributed by atoms with Crippen LogP contribution in [0.4, 0.5) is 4.39 Å². The molecule has 84 valence electrons. The van der Waals surface area contributed by atoms with E-state index in [2.05, 4.69) is 15.9 Å². The maximum Gasteiger partial charge on any atom is 0.256 e. The van der Waals surface area contributed by atoms with Crippen molar-refractivity contribution in [3.05, 3.63) is 32.7 Å². The zero-order valence-electron chi connectivity index (χ0n) is 9.18. The first kappa shape index (κ1) is 12.4. The van der Waals surface area contributed by atoms with E-state index in [1.165, 1.54) is 6.07 Å². The van der Waals surface area contributed by atoms with E-state index in [1.807, 2.05) is 20.8 Å². The van der Waals surface area contributed by atoms with Crippen molar-refractivity contribution in [3.63, 3.8) is 0 Å². The predicted molar refractivity (Wildman–Crippen MR) is 62.7 cm³/mol. The molecule has 0 saturated carbocycles. The molecule has 0 spiro atoms. The number of nitrogens with zero attached hydrogens (tertiary/aromatic N) is 1. The third kappa shape index (κ3) is 3.45. The minimum Gasteiger partial charge on any atom is -0.314 e. The molecule has 0 amide bonds. The molecule has 1 heterocycles. The molecule has 1 rings (SSSR count). The number of hydrogen-bond donors (Lipinski definition) is 0. The Labute approximate surface area is 97.2 Å². The van der Waals surface area contributed by atoms with Crippen molar-refractivity contribution in [2.45, 2.75) is 34.0 Å². The van der Waals surface area contributed by atoms with Gasteiger partial charge >= 0.3 is 0 Å². The molecule has 0 bridgehead atoms. The van der Waals surface area contributed by atoms with Gasteiger partial charge in [-0.25, -0.2) is 4.39 Å². The molecule has 2 nitrogen and oxygen atoms in total. The SMILES string of the molecule is CC(C)(C)Cn1cc(Br)cc(CF)c1=O. The van der Waals surface area contributed by atoms with Gasteiger partial charge in [-0.1, -0.05) is 20.8 Å². The van der Waals surface area contributed by atoms with Crippen molar-refractivity contribution in [2.24, 2.45) is 5.41 Å². The zero-order valence-corrected chi connectivity index (χ0v) is 10.8. The minimum atomic E-state index is -0.720. The van der Waals surface area contributed by atoms with Crippen molar-refractivity contribution < 1.29 is 4.39 Å². The maximum absolute atomic E-state index is 12.5. The number of pyridine rings is 1. The third-order valence-corrected chi connectivity index (χ3v) is 2.35. The van der Waals surface area contributed by atoms with E-state index < -0.39 is 6.67 Å². The van der Waals surface area contributed by atoms with Gasteiger partial charge in [0.25, 0.3) is 5.56 Å². The zero-order chi connectivity index (χ0) is 11.6. The fraction of sp³-hybridized carbons (Fsp3) is 0.545. The summed E-state index contributed by atoms with van der Waals surface area (Å²) in [6.07, 6.45) is 1.70. The van der Waals surface area contributed by atoms with Crippen molar-refractivity contribution in [1.82, 2.24) is 4.57 Å². The second-order valence-corrected chi connectivity index (χ2v) is 5.73. The van der Waals surface area contributed by atoms with Crippen molar-refractivity contribution in [2.75, 3.05) is 0 Å². The Morgan fingerprint density at radius 3 is 2.53 bits per heavy atom. The second-order valence-electron chi connectivity index (χ2n) is 4.81. The monoisotopic (exact) mass is 275 g/mol. The van der Waals surface area contributed by atoms with Crippen LogP contribution in [0.15, 0.2) is 21.5 Å².